The SMILES string of the molecule is C[Si](C)(C)CC(=O)S[C@H]1CCN(C(=O)OCc2ccc([N+](=O)[O-])cc2)C1. The lowest BCUT2D eigenvalue weighted by molar-refractivity contribution is -0.384. The summed E-state index contributed by atoms with van der Waals surface area (Å²) in [5, 5.41) is 11.0. The maximum absolute atomic E-state index is 12.2. The Hall–Kier alpha value is -1.87. The maximum atomic E-state index is 12.2. The molecule has 2 rings (SSSR count). The van der Waals surface area contributed by atoms with E-state index < -0.39 is 19.1 Å². The van der Waals surface area contributed by atoms with Crippen LogP contribution in [0.3, 0.4) is 0 Å². The summed E-state index contributed by atoms with van der Waals surface area (Å²) in [6.45, 7) is 7.67. The molecule has 1 aliphatic heterocycles. The molecule has 1 heterocycles. The minimum absolute atomic E-state index is 0.00229. The Kier molecular flexibility index (Phi) is 6.82. The minimum atomic E-state index is -1.41. The van der Waals surface area contributed by atoms with E-state index in [-0.39, 0.29) is 22.7 Å². The first-order valence-electron chi connectivity index (χ1n) is 8.48. The van der Waals surface area contributed by atoms with Gasteiger partial charge in [-0.3, -0.25) is 14.9 Å². The molecule has 1 fully saturated rings. The summed E-state index contributed by atoms with van der Waals surface area (Å²) in [7, 11) is -1.41. The van der Waals surface area contributed by atoms with E-state index in [0.29, 0.717) is 24.7 Å². The Morgan fingerprint density at radius 1 is 1.31 bits per heavy atom. The van der Waals surface area contributed by atoms with Gasteiger partial charge in [0.1, 0.15) is 6.61 Å². The van der Waals surface area contributed by atoms with Crippen molar-refractivity contribution < 1.29 is 19.2 Å². The summed E-state index contributed by atoms with van der Waals surface area (Å²) in [4.78, 5) is 36.0. The molecule has 1 aromatic carbocycles. The normalized spacial score (nSPS) is 17.2. The first-order chi connectivity index (χ1) is 12.1. The average molecular weight is 397 g/mol. The zero-order valence-corrected chi connectivity index (χ0v) is 17.1. The van der Waals surface area contributed by atoms with Gasteiger partial charge in [0.25, 0.3) is 5.69 Å². The number of likely N-dealkylation sites (tertiary alicyclic amines) is 1. The Bertz CT molecular complexity index is 675. The molecule has 1 aliphatic rings. The molecule has 1 amide bonds. The number of carbonyl (C=O) groups is 2. The molecule has 0 unspecified atom stereocenters. The van der Waals surface area contributed by atoms with Crippen LogP contribution in [0.5, 0.6) is 0 Å². The molecule has 142 valence electrons. The Morgan fingerprint density at radius 2 is 1.96 bits per heavy atom. The van der Waals surface area contributed by atoms with Gasteiger partial charge in [0.05, 0.1) is 13.0 Å². The highest BCUT2D eigenvalue weighted by Gasteiger charge is 2.30. The van der Waals surface area contributed by atoms with E-state index in [1.165, 1.54) is 23.9 Å². The molecule has 1 atom stereocenters. The number of thioether (sulfide) groups is 1. The van der Waals surface area contributed by atoms with Crippen molar-refractivity contribution in [2.45, 2.75) is 44.0 Å². The smallest absolute Gasteiger partial charge is 0.410 e. The Morgan fingerprint density at radius 3 is 2.54 bits per heavy atom. The van der Waals surface area contributed by atoms with Crippen molar-refractivity contribution in [1.29, 1.82) is 0 Å². The minimum Gasteiger partial charge on any atom is -0.445 e. The number of ether oxygens (including phenoxy) is 1. The van der Waals surface area contributed by atoms with Gasteiger partial charge in [-0.05, 0) is 24.1 Å². The highest BCUT2D eigenvalue weighted by atomic mass is 32.2. The monoisotopic (exact) mass is 396 g/mol. The molecule has 0 spiro atoms. The number of amides is 1. The first kappa shape index (κ1) is 20.4. The summed E-state index contributed by atoms with van der Waals surface area (Å²) in [5.41, 5.74) is 0.696. The topological polar surface area (TPSA) is 89.8 Å². The van der Waals surface area contributed by atoms with Gasteiger partial charge >= 0.3 is 6.09 Å². The van der Waals surface area contributed by atoms with E-state index in [1.807, 2.05) is 0 Å². The fourth-order valence-corrected chi connectivity index (χ4v) is 5.95. The van der Waals surface area contributed by atoms with Gasteiger partial charge < -0.3 is 9.64 Å². The number of carbonyl (C=O) groups excluding carboxylic acids is 2. The fraction of sp³-hybridized carbons (Fsp3) is 0.529. The molecular formula is C17H24N2O5SSi. The van der Waals surface area contributed by atoms with Gasteiger partial charge in [0.15, 0.2) is 5.12 Å². The molecule has 1 saturated heterocycles. The van der Waals surface area contributed by atoms with Crippen molar-refractivity contribution >= 4 is 36.7 Å². The number of hydrogen-bond acceptors (Lipinski definition) is 6. The van der Waals surface area contributed by atoms with Gasteiger partial charge in [-0.1, -0.05) is 31.4 Å². The third-order valence-corrected chi connectivity index (χ3v) is 6.65. The van der Waals surface area contributed by atoms with Crippen molar-refractivity contribution in [3.05, 3.63) is 39.9 Å². The van der Waals surface area contributed by atoms with E-state index in [4.69, 9.17) is 4.74 Å². The van der Waals surface area contributed by atoms with Crippen LogP contribution >= 0.6 is 11.8 Å². The third-order valence-electron chi connectivity index (χ3n) is 3.89. The standard InChI is InChI=1S/C17H24N2O5SSi/c1-26(2,3)12-16(20)25-15-8-9-18(10-15)17(21)24-11-13-4-6-14(7-5-13)19(22)23/h4-7,15H,8-12H2,1-3H3/t15-/m0/s1. The Labute approximate surface area is 158 Å². The second-order valence-corrected chi connectivity index (χ2v) is 14.4. The van der Waals surface area contributed by atoms with Gasteiger partial charge in [-0.25, -0.2) is 4.79 Å². The number of hydrogen-bond donors (Lipinski definition) is 0. The van der Waals surface area contributed by atoms with Crippen molar-refractivity contribution in [3.8, 4) is 0 Å². The molecule has 9 heteroatoms. The van der Waals surface area contributed by atoms with Gasteiger partial charge in [0.2, 0.25) is 0 Å². The number of nitrogens with zero attached hydrogens (tertiary/aromatic N) is 2. The molecule has 26 heavy (non-hydrogen) atoms. The molecular weight excluding hydrogens is 372 g/mol. The predicted molar refractivity (Wildman–Crippen MR) is 104 cm³/mol. The quantitative estimate of drug-likeness (QED) is 0.411. The number of non-ortho nitro benzene ring substituents is 1. The lowest BCUT2D eigenvalue weighted by atomic mass is 10.2. The van der Waals surface area contributed by atoms with Crippen LogP contribution in [0.4, 0.5) is 10.5 Å². The molecule has 7 nitrogen and oxygen atoms in total. The zero-order chi connectivity index (χ0) is 19.3. The van der Waals surface area contributed by atoms with E-state index in [1.54, 1.807) is 17.0 Å². The van der Waals surface area contributed by atoms with Crippen molar-refractivity contribution in [3.63, 3.8) is 0 Å². The van der Waals surface area contributed by atoms with Gasteiger partial charge in [-0.2, -0.15) is 0 Å². The second-order valence-electron chi connectivity index (χ2n) is 7.56. The van der Waals surface area contributed by atoms with E-state index in [0.717, 1.165) is 6.42 Å². The Balaban J connectivity index is 1.76. The van der Waals surface area contributed by atoms with E-state index in [2.05, 4.69) is 19.6 Å². The van der Waals surface area contributed by atoms with E-state index >= 15 is 0 Å². The second kappa shape index (κ2) is 8.68. The molecule has 0 bridgehead atoms. The predicted octanol–water partition coefficient (Wildman–Crippen LogP) is 3.90. The van der Waals surface area contributed by atoms with Crippen LogP contribution in [-0.4, -0.2) is 47.4 Å². The zero-order valence-electron chi connectivity index (χ0n) is 15.3. The third kappa shape index (κ3) is 6.45. The summed E-state index contributed by atoms with van der Waals surface area (Å²) < 4.78 is 5.28. The van der Waals surface area contributed by atoms with Crippen LogP contribution in [0.1, 0.15) is 12.0 Å². The summed E-state index contributed by atoms with van der Waals surface area (Å²) in [6, 6.07) is 6.57. The lowest BCUT2D eigenvalue weighted by Gasteiger charge is -2.17. The average Bonchev–Trinajstić information content (AvgIpc) is 2.99. The van der Waals surface area contributed by atoms with Crippen molar-refractivity contribution in [2.75, 3.05) is 13.1 Å². The lowest BCUT2D eigenvalue weighted by Crippen LogP contribution is -2.30. The van der Waals surface area contributed by atoms with Crippen molar-refractivity contribution in [2.24, 2.45) is 0 Å². The largest absolute Gasteiger partial charge is 0.445 e. The molecule has 0 N–H and O–H groups in total. The van der Waals surface area contributed by atoms with Crippen molar-refractivity contribution in [1.82, 2.24) is 4.90 Å². The highest BCUT2D eigenvalue weighted by molar-refractivity contribution is 8.14. The summed E-state index contributed by atoms with van der Waals surface area (Å²) in [5.74, 6) is 0. The van der Waals surface area contributed by atoms with Gasteiger partial charge in [0, 0.05) is 36.5 Å². The summed E-state index contributed by atoms with van der Waals surface area (Å²) >= 11 is 1.36. The molecule has 0 aliphatic carbocycles. The number of benzene rings is 1. The summed E-state index contributed by atoms with van der Waals surface area (Å²) in [6.07, 6.45) is 0.374. The van der Waals surface area contributed by atoms with Crippen LogP contribution in [0.2, 0.25) is 25.7 Å². The number of nitro benzene ring substituents is 1. The number of rotatable bonds is 6. The van der Waals surface area contributed by atoms with Crippen LogP contribution in [0, 0.1) is 10.1 Å². The molecule has 1 aromatic rings. The van der Waals surface area contributed by atoms with E-state index in [9.17, 15) is 19.7 Å². The van der Waals surface area contributed by atoms with Crippen LogP contribution < -0.4 is 0 Å². The van der Waals surface area contributed by atoms with Crippen LogP contribution in [-0.2, 0) is 16.1 Å². The van der Waals surface area contributed by atoms with Crippen LogP contribution in [0.25, 0.3) is 0 Å². The molecule has 0 saturated carbocycles. The molecule has 0 aromatic heterocycles. The van der Waals surface area contributed by atoms with Gasteiger partial charge in [-0.15, -0.1) is 0 Å². The number of nitro groups is 1. The molecule has 0 radical (unpaired) electrons. The first-order valence-corrected chi connectivity index (χ1v) is 13.1. The highest BCUT2D eigenvalue weighted by Crippen LogP contribution is 2.27. The maximum Gasteiger partial charge on any atom is 0.410 e. The fourth-order valence-electron chi connectivity index (χ4n) is 2.60. The van der Waals surface area contributed by atoms with Crippen LogP contribution in [0.15, 0.2) is 24.3 Å².